The largest absolute Gasteiger partial charge is 0.495 e. The van der Waals surface area contributed by atoms with Crippen LogP contribution in [0.3, 0.4) is 0 Å². The van der Waals surface area contributed by atoms with Crippen molar-refractivity contribution in [3.63, 3.8) is 0 Å². The molecule has 0 aromatic heterocycles. The first-order chi connectivity index (χ1) is 9.19. The van der Waals surface area contributed by atoms with Gasteiger partial charge in [0.1, 0.15) is 11.5 Å². The summed E-state index contributed by atoms with van der Waals surface area (Å²) in [5, 5.41) is 4.17. The molecule has 1 saturated carbocycles. The van der Waals surface area contributed by atoms with Crippen molar-refractivity contribution in [2.45, 2.75) is 38.6 Å². The summed E-state index contributed by atoms with van der Waals surface area (Å²) in [5.74, 6) is 2.19. The van der Waals surface area contributed by atoms with E-state index in [2.05, 4.69) is 12.2 Å². The van der Waals surface area contributed by atoms with Crippen LogP contribution in [0.4, 0.5) is 5.69 Å². The van der Waals surface area contributed by atoms with Crippen LogP contribution in [0.25, 0.3) is 0 Å². The Labute approximate surface area is 120 Å². The number of nitrogens with one attached hydrogen (secondary N) is 1. The van der Waals surface area contributed by atoms with Crippen LogP contribution < -0.4 is 14.8 Å². The van der Waals surface area contributed by atoms with Crippen molar-refractivity contribution in [1.29, 1.82) is 0 Å². The lowest BCUT2D eigenvalue weighted by atomic mass is 10.0. The van der Waals surface area contributed by atoms with E-state index in [1.165, 1.54) is 25.7 Å². The van der Waals surface area contributed by atoms with Crippen molar-refractivity contribution in [3.8, 4) is 11.5 Å². The molecule has 0 radical (unpaired) electrons. The van der Waals surface area contributed by atoms with Crippen LogP contribution >= 0.6 is 11.6 Å². The molecule has 2 unspecified atom stereocenters. The second-order valence-corrected chi connectivity index (χ2v) is 5.44. The molecule has 0 aliphatic heterocycles. The summed E-state index contributed by atoms with van der Waals surface area (Å²) in [6.07, 6.45) is 5.03. The maximum atomic E-state index is 6.12. The first-order valence-electron chi connectivity index (χ1n) is 6.87. The molecule has 1 aliphatic carbocycles. The van der Waals surface area contributed by atoms with Gasteiger partial charge in [-0.1, -0.05) is 31.4 Å². The van der Waals surface area contributed by atoms with Crippen molar-refractivity contribution in [1.82, 2.24) is 0 Å². The molecular formula is C15H22ClNO2. The highest BCUT2D eigenvalue weighted by molar-refractivity contribution is 6.32. The second-order valence-electron chi connectivity index (χ2n) is 5.04. The number of hydrogen-bond donors (Lipinski definition) is 1. The fraction of sp³-hybridized carbons (Fsp3) is 0.600. The molecule has 0 bridgehead atoms. The number of benzene rings is 1. The van der Waals surface area contributed by atoms with Crippen LogP contribution in [0, 0.1) is 5.92 Å². The molecule has 0 heterocycles. The molecule has 2 atom stereocenters. The van der Waals surface area contributed by atoms with Gasteiger partial charge in [0.25, 0.3) is 0 Å². The van der Waals surface area contributed by atoms with E-state index in [-0.39, 0.29) is 0 Å². The van der Waals surface area contributed by atoms with Gasteiger partial charge in [0.2, 0.25) is 0 Å². The second kappa shape index (κ2) is 6.38. The van der Waals surface area contributed by atoms with E-state index in [9.17, 15) is 0 Å². The normalized spacial score (nSPS) is 22.3. The van der Waals surface area contributed by atoms with Gasteiger partial charge < -0.3 is 14.8 Å². The lowest BCUT2D eigenvalue weighted by molar-refractivity contribution is 0.403. The monoisotopic (exact) mass is 283 g/mol. The Morgan fingerprint density at radius 3 is 2.58 bits per heavy atom. The highest BCUT2D eigenvalue weighted by atomic mass is 35.5. The third-order valence-electron chi connectivity index (χ3n) is 4.00. The lowest BCUT2D eigenvalue weighted by Gasteiger charge is -2.23. The quantitative estimate of drug-likeness (QED) is 0.871. The van der Waals surface area contributed by atoms with E-state index < -0.39 is 0 Å². The van der Waals surface area contributed by atoms with E-state index in [4.69, 9.17) is 21.1 Å². The van der Waals surface area contributed by atoms with Crippen molar-refractivity contribution in [2.24, 2.45) is 5.92 Å². The molecule has 1 fully saturated rings. The fourth-order valence-corrected chi connectivity index (χ4v) is 3.12. The van der Waals surface area contributed by atoms with Crippen LogP contribution in [0.1, 0.15) is 32.6 Å². The smallest absolute Gasteiger partial charge is 0.143 e. The molecule has 2 rings (SSSR count). The summed E-state index contributed by atoms with van der Waals surface area (Å²) in [6, 6.07) is 4.25. The van der Waals surface area contributed by atoms with E-state index in [0.29, 0.717) is 16.8 Å². The van der Waals surface area contributed by atoms with Crippen LogP contribution in [0.2, 0.25) is 5.02 Å². The van der Waals surface area contributed by atoms with Crippen LogP contribution in [-0.2, 0) is 0 Å². The number of rotatable bonds is 5. The lowest BCUT2D eigenvalue weighted by Crippen LogP contribution is -2.23. The maximum absolute atomic E-state index is 6.12. The van der Waals surface area contributed by atoms with Crippen LogP contribution in [0.5, 0.6) is 11.5 Å². The Bertz CT molecular complexity index is 436. The molecule has 3 nitrogen and oxygen atoms in total. The molecule has 19 heavy (non-hydrogen) atoms. The molecule has 1 aliphatic rings. The Kier molecular flexibility index (Phi) is 4.81. The highest BCUT2D eigenvalue weighted by Crippen LogP contribution is 2.38. The van der Waals surface area contributed by atoms with Gasteiger partial charge in [-0.3, -0.25) is 0 Å². The van der Waals surface area contributed by atoms with Crippen LogP contribution in [-0.4, -0.2) is 20.3 Å². The third kappa shape index (κ3) is 3.08. The van der Waals surface area contributed by atoms with Gasteiger partial charge in [0.05, 0.1) is 24.9 Å². The molecule has 106 valence electrons. The van der Waals surface area contributed by atoms with Gasteiger partial charge in [-0.25, -0.2) is 0 Å². The first-order valence-corrected chi connectivity index (χ1v) is 7.25. The third-order valence-corrected chi connectivity index (χ3v) is 4.29. The minimum absolute atomic E-state index is 0.518. The van der Waals surface area contributed by atoms with E-state index in [0.717, 1.165) is 17.4 Å². The fourth-order valence-electron chi connectivity index (χ4n) is 2.89. The van der Waals surface area contributed by atoms with E-state index in [1.54, 1.807) is 20.3 Å². The summed E-state index contributed by atoms with van der Waals surface area (Å²) < 4.78 is 10.7. The summed E-state index contributed by atoms with van der Waals surface area (Å²) in [7, 11) is 3.29. The average Bonchev–Trinajstić information content (AvgIpc) is 2.87. The molecule has 4 heteroatoms. The molecule has 0 saturated heterocycles. The van der Waals surface area contributed by atoms with Gasteiger partial charge >= 0.3 is 0 Å². The minimum Gasteiger partial charge on any atom is -0.495 e. The standard InChI is InChI=1S/C15H22ClNO2/c1-4-10-6-5-7-12(10)17-13-9-14(18-2)11(16)8-15(13)19-3/h8-10,12,17H,4-7H2,1-3H3. The number of hydrogen-bond acceptors (Lipinski definition) is 3. The van der Waals surface area contributed by atoms with Crippen molar-refractivity contribution < 1.29 is 9.47 Å². The Morgan fingerprint density at radius 2 is 1.95 bits per heavy atom. The van der Waals surface area contributed by atoms with E-state index in [1.807, 2.05) is 6.07 Å². The summed E-state index contributed by atoms with van der Waals surface area (Å²) in [6.45, 7) is 2.25. The van der Waals surface area contributed by atoms with Gasteiger partial charge in [0.15, 0.2) is 0 Å². The Morgan fingerprint density at radius 1 is 1.21 bits per heavy atom. The van der Waals surface area contributed by atoms with Crippen molar-refractivity contribution in [3.05, 3.63) is 17.2 Å². The molecule has 1 aromatic rings. The van der Waals surface area contributed by atoms with Gasteiger partial charge in [-0.05, 0) is 18.8 Å². The van der Waals surface area contributed by atoms with E-state index >= 15 is 0 Å². The Hall–Kier alpha value is -1.09. The zero-order chi connectivity index (χ0) is 13.8. The molecule has 0 amide bonds. The minimum atomic E-state index is 0.518. The van der Waals surface area contributed by atoms with Crippen molar-refractivity contribution in [2.75, 3.05) is 19.5 Å². The van der Waals surface area contributed by atoms with Crippen molar-refractivity contribution >= 4 is 17.3 Å². The SMILES string of the molecule is CCC1CCCC1Nc1cc(OC)c(Cl)cc1OC. The maximum Gasteiger partial charge on any atom is 0.143 e. The van der Waals surface area contributed by atoms with Crippen LogP contribution in [0.15, 0.2) is 12.1 Å². The molecular weight excluding hydrogens is 262 g/mol. The summed E-state index contributed by atoms with van der Waals surface area (Å²) in [5.41, 5.74) is 0.967. The number of anilines is 1. The molecule has 1 N–H and O–H groups in total. The number of halogens is 1. The zero-order valence-electron chi connectivity index (χ0n) is 11.8. The van der Waals surface area contributed by atoms with Gasteiger partial charge in [0, 0.05) is 18.2 Å². The summed E-state index contributed by atoms with van der Waals surface area (Å²) in [4.78, 5) is 0. The predicted octanol–water partition coefficient (Wildman–Crippen LogP) is 4.35. The highest BCUT2D eigenvalue weighted by Gasteiger charge is 2.26. The first kappa shape index (κ1) is 14.3. The van der Waals surface area contributed by atoms with Gasteiger partial charge in [-0.2, -0.15) is 0 Å². The van der Waals surface area contributed by atoms with Gasteiger partial charge in [-0.15, -0.1) is 0 Å². The zero-order valence-corrected chi connectivity index (χ0v) is 12.6. The predicted molar refractivity (Wildman–Crippen MR) is 79.6 cm³/mol. The average molecular weight is 284 g/mol. The Balaban J connectivity index is 2.23. The number of ether oxygens (including phenoxy) is 2. The summed E-state index contributed by atoms with van der Waals surface area (Å²) >= 11 is 6.12. The molecule has 1 aromatic carbocycles. The molecule has 0 spiro atoms. The number of methoxy groups -OCH3 is 2. The topological polar surface area (TPSA) is 30.5 Å².